The van der Waals surface area contributed by atoms with Crippen LogP contribution in [0.4, 0.5) is 22.1 Å². The number of nitrogens with zero attached hydrogens (tertiary/aromatic N) is 2. The van der Waals surface area contributed by atoms with Gasteiger partial charge in [-0.25, -0.2) is 9.78 Å². The first-order valence-corrected chi connectivity index (χ1v) is 13.0. The normalized spacial score (nSPS) is 22.1. The first-order valence-electron chi connectivity index (χ1n) is 13.0. The van der Waals surface area contributed by atoms with E-state index in [0.29, 0.717) is 17.9 Å². The Bertz CT molecular complexity index is 1250. The summed E-state index contributed by atoms with van der Waals surface area (Å²) in [5.74, 6) is 2.97. The number of carbonyl (C=O) groups is 1. The van der Waals surface area contributed by atoms with Crippen LogP contribution in [-0.2, 0) is 4.74 Å². The van der Waals surface area contributed by atoms with Crippen LogP contribution in [0.25, 0.3) is 10.9 Å². The molecule has 1 amide bonds. The zero-order chi connectivity index (χ0) is 24.2. The van der Waals surface area contributed by atoms with Gasteiger partial charge in [0.1, 0.15) is 17.2 Å². The van der Waals surface area contributed by atoms with Crippen molar-refractivity contribution < 1.29 is 9.53 Å². The molecule has 6 rings (SSSR count). The highest BCUT2D eigenvalue weighted by Gasteiger charge is 2.36. The Morgan fingerprint density at radius 1 is 1.09 bits per heavy atom. The Kier molecular flexibility index (Phi) is 5.38. The van der Waals surface area contributed by atoms with Crippen LogP contribution in [0.2, 0.25) is 0 Å². The maximum Gasteiger partial charge on any atom is 0.410 e. The van der Waals surface area contributed by atoms with Gasteiger partial charge in [0, 0.05) is 47.8 Å². The smallest absolute Gasteiger partial charge is 0.410 e. The molecule has 3 aliphatic rings. The van der Waals surface area contributed by atoms with Crippen molar-refractivity contribution in [2.24, 2.45) is 0 Å². The molecule has 2 atom stereocenters. The molecule has 2 aliphatic heterocycles. The SMILES string of the molecule is CC(C)(C)OC(=O)N1CCC(c2c[nH]c3ccc(Nc4ccc5c(n4)NC4CCCC54)cc23)CC1. The van der Waals surface area contributed by atoms with E-state index in [0.717, 1.165) is 48.8 Å². The fraction of sp³-hybridized carbons (Fsp3) is 0.500. The summed E-state index contributed by atoms with van der Waals surface area (Å²) in [5, 5.41) is 8.39. The lowest BCUT2D eigenvalue weighted by Gasteiger charge is -2.33. The van der Waals surface area contributed by atoms with Crippen molar-refractivity contribution in [3.8, 4) is 0 Å². The minimum absolute atomic E-state index is 0.207. The van der Waals surface area contributed by atoms with Crippen LogP contribution in [0.3, 0.4) is 0 Å². The van der Waals surface area contributed by atoms with E-state index in [2.05, 4.69) is 52.1 Å². The fourth-order valence-electron chi connectivity index (χ4n) is 6.04. The van der Waals surface area contributed by atoms with Gasteiger partial charge >= 0.3 is 6.09 Å². The summed E-state index contributed by atoms with van der Waals surface area (Å²) in [4.78, 5) is 22.6. The molecule has 7 nitrogen and oxygen atoms in total. The van der Waals surface area contributed by atoms with Gasteiger partial charge in [0.25, 0.3) is 0 Å². The Balaban J connectivity index is 1.16. The van der Waals surface area contributed by atoms with Gasteiger partial charge < -0.3 is 25.3 Å². The van der Waals surface area contributed by atoms with Crippen LogP contribution in [0, 0.1) is 0 Å². The number of benzene rings is 1. The zero-order valence-corrected chi connectivity index (χ0v) is 20.9. The van der Waals surface area contributed by atoms with Gasteiger partial charge in [-0.1, -0.05) is 12.5 Å². The standard InChI is InChI=1S/C28H35N5O2/c1-28(2,3)35-27(34)33-13-11-17(12-14-33)22-16-29-23-9-7-18(15-21(22)23)30-25-10-8-20-19-5-4-6-24(19)31-26(20)32-25/h7-10,15-17,19,24,29H,4-6,11-14H2,1-3H3,(H2,30,31,32). The lowest BCUT2D eigenvalue weighted by atomic mass is 9.89. The molecule has 1 aliphatic carbocycles. The molecule has 4 heterocycles. The van der Waals surface area contributed by atoms with E-state index in [4.69, 9.17) is 9.72 Å². The van der Waals surface area contributed by atoms with E-state index in [1.807, 2.05) is 25.7 Å². The number of H-pyrrole nitrogens is 1. The number of rotatable bonds is 3. The number of carbonyl (C=O) groups excluding carboxylic acids is 1. The fourth-order valence-corrected chi connectivity index (χ4v) is 6.04. The van der Waals surface area contributed by atoms with Crippen molar-refractivity contribution in [2.75, 3.05) is 23.7 Å². The number of aromatic nitrogens is 2. The Morgan fingerprint density at radius 3 is 2.71 bits per heavy atom. The second kappa shape index (κ2) is 8.47. The van der Waals surface area contributed by atoms with Gasteiger partial charge in [0.15, 0.2) is 0 Å². The topological polar surface area (TPSA) is 82.3 Å². The molecule has 35 heavy (non-hydrogen) atoms. The van der Waals surface area contributed by atoms with Crippen LogP contribution < -0.4 is 10.6 Å². The van der Waals surface area contributed by atoms with Crippen LogP contribution in [-0.4, -0.2) is 45.7 Å². The molecule has 2 fully saturated rings. The highest BCUT2D eigenvalue weighted by Crippen LogP contribution is 2.45. The minimum Gasteiger partial charge on any atom is -0.444 e. The van der Waals surface area contributed by atoms with E-state index in [1.54, 1.807) is 0 Å². The van der Waals surface area contributed by atoms with Crippen LogP contribution in [0.1, 0.15) is 75.8 Å². The molecular formula is C28H35N5O2. The third-order valence-corrected chi connectivity index (χ3v) is 7.74. The maximum atomic E-state index is 12.4. The van der Waals surface area contributed by atoms with Crippen LogP contribution in [0.15, 0.2) is 36.5 Å². The van der Waals surface area contributed by atoms with Gasteiger partial charge in [-0.3, -0.25) is 0 Å². The summed E-state index contributed by atoms with van der Waals surface area (Å²) in [6.45, 7) is 7.18. The molecule has 7 heteroatoms. The van der Waals surface area contributed by atoms with E-state index >= 15 is 0 Å². The maximum absolute atomic E-state index is 12.4. The summed E-state index contributed by atoms with van der Waals surface area (Å²) >= 11 is 0. The molecule has 1 saturated heterocycles. The number of hydrogen-bond acceptors (Lipinski definition) is 5. The lowest BCUT2D eigenvalue weighted by Crippen LogP contribution is -2.41. The molecule has 0 spiro atoms. The van der Waals surface area contributed by atoms with Crippen molar-refractivity contribution >= 4 is 34.3 Å². The number of likely N-dealkylation sites (tertiary alicyclic amines) is 1. The lowest BCUT2D eigenvalue weighted by molar-refractivity contribution is 0.0205. The number of amides is 1. The first-order chi connectivity index (χ1) is 16.8. The number of aromatic amines is 1. The molecule has 3 N–H and O–H groups in total. The summed E-state index contributed by atoms with van der Waals surface area (Å²) < 4.78 is 5.56. The quantitative estimate of drug-likeness (QED) is 0.405. The van der Waals surface area contributed by atoms with E-state index in [-0.39, 0.29) is 6.09 Å². The second-order valence-corrected chi connectivity index (χ2v) is 11.3. The van der Waals surface area contributed by atoms with Gasteiger partial charge in [-0.05, 0) is 87.8 Å². The number of anilines is 3. The molecule has 0 radical (unpaired) electrons. The molecule has 1 aromatic carbocycles. The van der Waals surface area contributed by atoms with Gasteiger partial charge in [-0.2, -0.15) is 0 Å². The second-order valence-electron chi connectivity index (χ2n) is 11.3. The summed E-state index contributed by atoms with van der Waals surface area (Å²) in [7, 11) is 0. The average molecular weight is 474 g/mol. The predicted molar refractivity (Wildman–Crippen MR) is 140 cm³/mol. The Hall–Kier alpha value is -3.22. The molecule has 0 bridgehead atoms. The largest absolute Gasteiger partial charge is 0.444 e. The number of nitrogens with one attached hydrogen (secondary N) is 3. The van der Waals surface area contributed by atoms with Crippen molar-refractivity contribution in [3.63, 3.8) is 0 Å². The summed E-state index contributed by atoms with van der Waals surface area (Å²) in [5.41, 5.74) is 4.41. The monoisotopic (exact) mass is 473 g/mol. The first kappa shape index (κ1) is 22.3. The van der Waals surface area contributed by atoms with Crippen molar-refractivity contribution in [1.29, 1.82) is 0 Å². The molecule has 2 unspecified atom stereocenters. The van der Waals surface area contributed by atoms with Gasteiger partial charge in [0.05, 0.1) is 0 Å². The minimum atomic E-state index is -0.461. The highest BCUT2D eigenvalue weighted by molar-refractivity contribution is 5.87. The summed E-state index contributed by atoms with van der Waals surface area (Å²) in [6, 6.07) is 11.4. The van der Waals surface area contributed by atoms with E-state index in [9.17, 15) is 4.79 Å². The Labute approximate surface area is 206 Å². The van der Waals surface area contributed by atoms with Crippen LogP contribution >= 0.6 is 0 Å². The number of pyridine rings is 1. The van der Waals surface area contributed by atoms with Crippen molar-refractivity contribution in [3.05, 3.63) is 47.7 Å². The molecular weight excluding hydrogens is 438 g/mol. The number of ether oxygens (including phenoxy) is 1. The van der Waals surface area contributed by atoms with Gasteiger partial charge in [0.2, 0.25) is 0 Å². The highest BCUT2D eigenvalue weighted by atomic mass is 16.6. The molecule has 1 saturated carbocycles. The number of piperidine rings is 1. The number of fused-ring (bicyclic) bond motifs is 4. The van der Waals surface area contributed by atoms with Crippen molar-refractivity contribution in [2.45, 2.75) is 76.4 Å². The van der Waals surface area contributed by atoms with Crippen LogP contribution in [0.5, 0.6) is 0 Å². The van der Waals surface area contributed by atoms with Gasteiger partial charge in [-0.15, -0.1) is 0 Å². The third kappa shape index (κ3) is 4.32. The zero-order valence-electron chi connectivity index (χ0n) is 20.9. The average Bonchev–Trinajstić information content (AvgIpc) is 3.52. The van der Waals surface area contributed by atoms with E-state index in [1.165, 1.54) is 35.8 Å². The summed E-state index contributed by atoms with van der Waals surface area (Å²) in [6.07, 6.45) is 7.62. The molecule has 184 valence electrons. The molecule has 2 aromatic heterocycles. The predicted octanol–water partition coefficient (Wildman–Crippen LogP) is 6.48. The third-order valence-electron chi connectivity index (χ3n) is 7.74. The number of hydrogen-bond donors (Lipinski definition) is 3. The van der Waals surface area contributed by atoms with Crippen molar-refractivity contribution in [1.82, 2.24) is 14.9 Å². The van der Waals surface area contributed by atoms with E-state index < -0.39 is 5.60 Å². The Morgan fingerprint density at radius 2 is 1.91 bits per heavy atom. The molecule has 3 aromatic rings.